The van der Waals surface area contributed by atoms with Crippen molar-refractivity contribution in [3.8, 4) is 0 Å². The van der Waals surface area contributed by atoms with E-state index >= 15 is 0 Å². The van der Waals surface area contributed by atoms with Crippen LogP contribution in [0, 0.1) is 13.8 Å². The van der Waals surface area contributed by atoms with Gasteiger partial charge in [-0.3, -0.25) is 4.79 Å². The van der Waals surface area contributed by atoms with Crippen LogP contribution in [0.25, 0.3) is 0 Å². The molecule has 3 nitrogen and oxygen atoms in total. The lowest BCUT2D eigenvalue weighted by molar-refractivity contribution is -0.133. The van der Waals surface area contributed by atoms with Crippen molar-refractivity contribution in [3.05, 3.63) is 70.8 Å². The average Bonchev–Trinajstić information content (AvgIpc) is 3.31. The van der Waals surface area contributed by atoms with Crippen LogP contribution in [0.3, 0.4) is 0 Å². The van der Waals surface area contributed by atoms with Crippen molar-refractivity contribution in [2.45, 2.75) is 44.1 Å². The van der Waals surface area contributed by atoms with E-state index in [1.54, 1.807) is 0 Å². The Bertz CT molecular complexity index is 781. The zero-order valence-corrected chi connectivity index (χ0v) is 16.3. The fourth-order valence-corrected chi connectivity index (χ4v) is 4.35. The van der Waals surface area contributed by atoms with E-state index in [2.05, 4.69) is 44.2 Å². The number of hydrogen-bond acceptors (Lipinski definition) is 2. The Morgan fingerprint density at radius 3 is 2.23 bits per heavy atom. The molecule has 0 radical (unpaired) electrons. The Morgan fingerprint density at radius 1 is 1.04 bits per heavy atom. The molecule has 2 aromatic rings. The molecule has 1 saturated heterocycles. The summed E-state index contributed by atoms with van der Waals surface area (Å²) in [5, 5.41) is 0. The topological polar surface area (TPSA) is 46.3 Å². The maximum absolute atomic E-state index is 13.3. The van der Waals surface area contributed by atoms with E-state index in [1.165, 1.54) is 22.3 Å². The van der Waals surface area contributed by atoms with Crippen molar-refractivity contribution in [2.75, 3.05) is 13.1 Å². The van der Waals surface area contributed by atoms with Gasteiger partial charge in [0, 0.05) is 25.0 Å². The van der Waals surface area contributed by atoms with Gasteiger partial charge in [0.05, 0.1) is 5.41 Å². The lowest BCUT2D eigenvalue weighted by atomic mass is 9.91. The van der Waals surface area contributed by atoms with Gasteiger partial charge < -0.3 is 10.6 Å². The van der Waals surface area contributed by atoms with Crippen LogP contribution in [0.15, 0.2) is 48.5 Å². The molecule has 0 bridgehead atoms. The Labute approximate surface area is 162 Å². The maximum atomic E-state index is 13.3. The fraction of sp³-hybridized carbons (Fsp3) is 0.409. The Hall–Kier alpha value is -1.84. The minimum atomic E-state index is -0.303. The minimum Gasteiger partial charge on any atom is -0.340 e. The largest absolute Gasteiger partial charge is 0.340 e. The van der Waals surface area contributed by atoms with Gasteiger partial charge in [0.1, 0.15) is 0 Å². The summed E-state index contributed by atoms with van der Waals surface area (Å²) < 4.78 is 0. The summed E-state index contributed by atoms with van der Waals surface area (Å²) in [6.45, 7) is 5.60. The van der Waals surface area contributed by atoms with Crippen molar-refractivity contribution in [3.63, 3.8) is 0 Å². The van der Waals surface area contributed by atoms with Gasteiger partial charge in [0.15, 0.2) is 0 Å². The maximum Gasteiger partial charge on any atom is 0.233 e. The van der Waals surface area contributed by atoms with Crippen molar-refractivity contribution < 1.29 is 4.79 Å². The van der Waals surface area contributed by atoms with Crippen molar-refractivity contribution in [1.29, 1.82) is 0 Å². The zero-order chi connectivity index (χ0) is 17.6. The molecular formula is C22H27ClN2O. The molecule has 1 saturated carbocycles. The molecule has 0 aromatic heterocycles. The predicted molar refractivity (Wildman–Crippen MR) is 108 cm³/mol. The van der Waals surface area contributed by atoms with Crippen molar-refractivity contribution in [1.82, 2.24) is 4.90 Å². The van der Waals surface area contributed by atoms with E-state index in [4.69, 9.17) is 5.73 Å². The van der Waals surface area contributed by atoms with Gasteiger partial charge in [-0.25, -0.2) is 0 Å². The average molecular weight is 371 g/mol. The molecule has 138 valence electrons. The number of aryl methyl sites for hydroxylation is 2. The van der Waals surface area contributed by atoms with Gasteiger partial charge in [-0.05, 0) is 37.8 Å². The summed E-state index contributed by atoms with van der Waals surface area (Å²) in [6, 6.07) is 16.9. The van der Waals surface area contributed by atoms with E-state index in [0.29, 0.717) is 6.54 Å². The summed E-state index contributed by atoms with van der Waals surface area (Å²) in [7, 11) is 0. The van der Waals surface area contributed by atoms with Gasteiger partial charge in [-0.2, -0.15) is 0 Å². The highest BCUT2D eigenvalue weighted by molar-refractivity contribution is 5.91. The Balaban J connectivity index is 0.00000196. The molecule has 1 amide bonds. The van der Waals surface area contributed by atoms with Crippen molar-refractivity contribution >= 4 is 18.3 Å². The fourth-order valence-electron chi connectivity index (χ4n) is 4.35. The quantitative estimate of drug-likeness (QED) is 0.895. The van der Waals surface area contributed by atoms with E-state index < -0.39 is 0 Å². The summed E-state index contributed by atoms with van der Waals surface area (Å²) in [5.74, 6) is 0.506. The summed E-state index contributed by atoms with van der Waals surface area (Å²) in [4.78, 5) is 15.4. The summed E-state index contributed by atoms with van der Waals surface area (Å²) >= 11 is 0. The summed E-state index contributed by atoms with van der Waals surface area (Å²) in [5.41, 5.74) is 11.0. The third-order valence-electron chi connectivity index (χ3n) is 5.81. The van der Waals surface area contributed by atoms with Crippen LogP contribution in [-0.4, -0.2) is 29.9 Å². The number of carbonyl (C=O) groups excluding carboxylic acids is 1. The molecule has 1 aliphatic carbocycles. The normalized spacial score (nSPS) is 23.4. The Kier molecular flexibility index (Phi) is 5.14. The molecule has 1 heterocycles. The summed E-state index contributed by atoms with van der Waals surface area (Å²) in [6.07, 6.45) is 1.91. The second-order valence-electron chi connectivity index (χ2n) is 7.85. The highest BCUT2D eigenvalue weighted by atomic mass is 35.5. The van der Waals surface area contributed by atoms with Crippen molar-refractivity contribution in [2.24, 2.45) is 5.73 Å². The molecule has 2 fully saturated rings. The number of likely N-dealkylation sites (tertiary alicyclic amines) is 1. The van der Waals surface area contributed by atoms with Gasteiger partial charge in [0.2, 0.25) is 5.91 Å². The molecule has 4 rings (SSSR count). The molecule has 2 aromatic carbocycles. The highest BCUT2D eigenvalue weighted by Crippen LogP contribution is 2.50. The number of hydrogen-bond donors (Lipinski definition) is 1. The smallest absolute Gasteiger partial charge is 0.233 e. The van der Waals surface area contributed by atoms with Crippen LogP contribution in [-0.2, 0) is 10.2 Å². The highest BCUT2D eigenvalue weighted by Gasteiger charge is 2.54. The number of nitrogens with zero attached hydrogens (tertiary/aromatic N) is 1. The molecule has 0 unspecified atom stereocenters. The second-order valence-corrected chi connectivity index (χ2v) is 7.85. The molecule has 1 aliphatic heterocycles. The van der Waals surface area contributed by atoms with E-state index in [1.807, 2.05) is 23.1 Å². The van der Waals surface area contributed by atoms with E-state index in [-0.39, 0.29) is 35.7 Å². The van der Waals surface area contributed by atoms with Gasteiger partial charge in [0.25, 0.3) is 0 Å². The predicted octanol–water partition coefficient (Wildman–Crippen LogP) is 3.71. The Morgan fingerprint density at radius 2 is 1.65 bits per heavy atom. The van der Waals surface area contributed by atoms with E-state index in [9.17, 15) is 4.79 Å². The SMILES string of the molecule is Cc1cc(C)cc(C2(C(=O)N3C[C@@H](N)[C@H](c4ccccc4)C3)CC2)c1.Cl. The lowest BCUT2D eigenvalue weighted by Gasteiger charge is -2.24. The number of rotatable bonds is 3. The van der Waals surface area contributed by atoms with Gasteiger partial charge >= 0.3 is 0 Å². The third kappa shape index (κ3) is 3.26. The number of halogens is 1. The first-order chi connectivity index (χ1) is 12.0. The van der Waals surface area contributed by atoms with Crippen LogP contribution in [0.1, 0.15) is 41.0 Å². The molecule has 2 N–H and O–H groups in total. The number of carbonyl (C=O) groups is 1. The first-order valence-electron chi connectivity index (χ1n) is 9.18. The van der Waals surface area contributed by atoms with Gasteiger partial charge in [-0.1, -0.05) is 59.7 Å². The lowest BCUT2D eigenvalue weighted by Crippen LogP contribution is -2.39. The molecule has 2 aliphatic rings. The molecule has 4 heteroatoms. The standard InChI is InChI=1S/C22H26N2O.ClH/c1-15-10-16(2)12-18(11-15)22(8-9-22)21(25)24-13-19(20(23)14-24)17-6-4-3-5-7-17;/h3-7,10-12,19-20H,8-9,13-14,23H2,1-2H3;1H/t19-,20+;/m0./s1. The minimum absolute atomic E-state index is 0. The van der Waals surface area contributed by atoms with Crippen LogP contribution in [0.4, 0.5) is 0 Å². The molecule has 0 spiro atoms. The first kappa shape index (κ1) is 18.9. The van der Waals surface area contributed by atoms with Crippen LogP contribution < -0.4 is 5.73 Å². The molecular weight excluding hydrogens is 344 g/mol. The van der Waals surface area contributed by atoms with Gasteiger partial charge in [-0.15, -0.1) is 12.4 Å². The van der Waals surface area contributed by atoms with Crippen LogP contribution in [0.2, 0.25) is 0 Å². The van der Waals surface area contributed by atoms with Crippen LogP contribution >= 0.6 is 12.4 Å². The second kappa shape index (κ2) is 7.05. The monoisotopic (exact) mass is 370 g/mol. The zero-order valence-electron chi connectivity index (χ0n) is 15.4. The van der Waals surface area contributed by atoms with Crippen LogP contribution in [0.5, 0.6) is 0 Å². The first-order valence-corrected chi connectivity index (χ1v) is 9.18. The molecule has 2 atom stereocenters. The number of benzene rings is 2. The number of nitrogens with two attached hydrogens (primary N) is 1. The molecule has 26 heavy (non-hydrogen) atoms. The van der Waals surface area contributed by atoms with E-state index in [0.717, 1.165) is 19.4 Å². The number of amides is 1. The third-order valence-corrected chi connectivity index (χ3v) is 5.81.